The van der Waals surface area contributed by atoms with E-state index in [0.717, 1.165) is 10.2 Å². The normalized spacial score (nSPS) is 11.8. The van der Waals surface area contributed by atoms with Crippen LogP contribution < -0.4 is 5.73 Å². The molecule has 1 heterocycles. The fraction of sp³-hybridized carbons (Fsp3) is 0.118. The average Bonchev–Trinajstić information content (AvgIpc) is 2.86. The van der Waals surface area contributed by atoms with Crippen LogP contribution in [-0.2, 0) is 6.18 Å². The lowest BCUT2D eigenvalue weighted by atomic mass is 10.0. The standard InChI is InChI=1S/C17H12Cl2F3N3/c1-9-2-5-11(6-3-9)25-16(23)14(15(24-25)17(20,21)22)12-7-4-10(18)8-13(12)19/h2-8H,23H2,1H3. The summed E-state index contributed by atoms with van der Waals surface area (Å²) in [7, 11) is 0. The minimum atomic E-state index is -4.69. The van der Waals surface area contributed by atoms with Crippen molar-refractivity contribution in [3.63, 3.8) is 0 Å². The molecule has 0 spiro atoms. The molecule has 3 nitrogen and oxygen atoms in total. The first kappa shape index (κ1) is 17.6. The molecule has 0 atom stereocenters. The molecule has 8 heteroatoms. The number of halogens is 5. The molecule has 0 saturated carbocycles. The molecule has 2 aromatic carbocycles. The van der Waals surface area contributed by atoms with E-state index in [1.54, 1.807) is 24.3 Å². The summed E-state index contributed by atoms with van der Waals surface area (Å²) in [5.74, 6) is -0.152. The fourth-order valence-corrected chi connectivity index (χ4v) is 2.97. The van der Waals surface area contributed by atoms with Gasteiger partial charge in [0.25, 0.3) is 0 Å². The smallest absolute Gasteiger partial charge is 0.383 e. The van der Waals surface area contributed by atoms with Crippen LogP contribution in [0, 0.1) is 6.92 Å². The van der Waals surface area contributed by atoms with E-state index >= 15 is 0 Å². The number of aryl methyl sites for hydroxylation is 1. The lowest BCUT2D eigenvalue weighted by Gasteiger charge is -2.09. The van der Waals surface area contributed by atoms with Crippen molar-refractivity contribution in [2.45, 2.75) is 13.1 Å². The predicted octanol–water partition coefficient (Wildman–Crippen LogP) is 5.76. The quantitative estimate of drug-likeness (QED) is 0.609. The number of alkyl halides is 3. The molecule has 0 radical (unpaired) electrons. The molecule has 0 amide bonds. The Labute approximate surface area is 151 Å². The average molecular weight is 386 g/mol. The molecule has 25 heavy (non-hydrogen) atoms. The molecular weight excluding hydrogens is 374 g/mol. The van der Waals surface area contributed by atoms with Crippen LogP contribution in [0.2, 0.25) is 10.0 Å². The minimum absolute atomic E-state index is 0.0631. The van der Waals surface area contributed by atoms with Crippen molar-refractivity contribution >= 4 is 29.0 Å². The lowest BCUT2D eigenvalue weighted by molar-refractivity contribution is -0.140. The van der Waals surface area contributed by atoms with E-state index in [1.165, 1.54) is 18.2 Å². The molecule has 0 fully saturated rings. The summed E-state index contributed by atoms with van der Waals surface area (Å²) in [4.78, 5) is 0. The Morgan fingerprint density at radius 3 is 2.24 bits per heavy atom. The van der Waals surface area contributed by atoms with E-state index < -0.39 is 11.9 Å². The molecule has 0 bridgehead atoms. The first-order valence-electron chi connectivity index (χ1n) is 7.16. The maximum atomic E-state index is 13.5. The number of aromatic nitrogens is 2. The van der Waals surface area contributed by atoms with Gasteiger partial charge in [-0.05, 0) is 31.2 Å². The Hall–Kier alpha value is -2.18. The van der Waals surface area contributed by atoms with Gasteiger partial charge in [0.1, 0.15) is 5.82 Å². The zero-order valence-corrected chi connectivity index (χ0v) is 14.4. The van der Waals surface area contributed by atoms with Gasteiger partial charge >= 0.3 is 6.18 Å². The number of benzene rings is 2. The molecular formula is C17H12Cl2F3N3. The number of anilines is 1. The maximum Gasteiger partial charge on any atom is 0.435 e. The highest BCUT2D eigenvalue weighted by atomic mass is 35.5. The first-order chi connectivity index (χ1) is 11.7. The van der Waals surface area contributed by atoms with Crippen molar-refractivity contribution in [3.05, 3.63) is 63.8 Å². The van der Waals surface area contributed by atoms with Gasteiger partial charge in [0, 0.05) is 10.6 Å². The summed E-state index contributed by atoms with van der Waals surface area (Å²) < 4.78 is 41.6. The van der Waals surface area contributed by atoms with Crippen molar-refractivity contribution in [1.29, 1.82) is 0 Å². The second-order valence-electron chi connectivity index (χ2n) is 5.48. The van der Waals surface area contributed by atoms with E-state index in [0.29, 0.717) is 10.7 Å². The zero-order valence-electron chi connectivity index (χ0n) is 12.9. The largest absolute Gasteiger partial charge is 0.435 e. The summed E-state index contributed by atoms with van der Waals surface area (Å²) in [6.45, 7) is 1.87. The summed E-state index contributed by atoms with van der Waals surface area (Å²) in [6, 6.07) is 11.0. The van der Waals surface area contributed by atoms with Gasteiger partial charge in [-0.3, -0.25) is 0 Å². The molecule has 0 saturated heterocycles. The minimum Gasteiger partial charge on any atom is -0.383 e. The zero-order chi connectivity index (χ0) is 18.4. The van der Waals surface area contributed by atoms with Gasteiger partial charge < -0.3 is 5.73 Å². The number of hydrogen-bond acceptors (Lipinski definition) is 2. The van der Waals surface area contributed by atoms with Crippen LogP contribution in [-0.4, -0.2) is 9.78 Å². The van der Waals surface area contributed by atoms with Crippen LogP contribution in [0.15, 0.2) is 42.5 Å². The number of nitrogen functional groups attached to an aromatic ring is 1. The monoisotopic (exact) mass is 385 g/mol. The predicted molar refractivity (Wildman–Crippen MR) is 93.2 cm³/mol. The van der Waals surface area contributed by atoms with Crippen LogP contribution in [0.1, 0.15) is 11.3 Å². The topological polar surface area (TPSA) is 43.8 Å². The highest BCUT2D eigenvalue weighted by Crippen LogP contribution is 2.43. The van der Waals surface area contributed by atoms with Crippen molar-refractivity contribution in [1.82, 2.24) is 9.78 Å². The SMILES string of the molecule is Cc1ccc(-n2nc(C(F)(F)F)c(-c3ccc(Cl)cc3Cl)c2N)cc1. The Kier molecular flexibility index (Phi) is 4.43. The van der Waals surface area contributed by atoms with Crippen molar-refractivity contribution < 1.29 is 13.2 Å². The second kappa shape index (κ2) is 6.28. The highest BCUT2D eigenvalue weighted by Gasteiger charge is 2.40. The summed E-state index contributed by atoms with van der Waals surface area (Å²) in [6.07, 6.45) is -4.69. The summed E-state index contributed by atoms with van der Waals surface area (Å²) >= 11 is 11.9. The second-order valence-corrected chi connectivity index (χ2v) is 6.32. The third-order valence-corrected chi connectivity index (χ3v) is 4.22. The Morgan fingerprint density at radius 2 is 1.68 bits per heavy atom. The van der Waals surface area contributed by atoms with Gasteiger partial charge in [0.2, 0.25) is 0 Å². The van der Waals surface area contributed by atoms with Crippen molar-refractivity contribution in [3.8, 4) is 16.8 Å². The van der Waals surface area contributed by atoms with E-state index in [4.69, 9.17) is 28.9 Å². The van der Waals surface area contributed by atoms with E-state index in [1.807, 2.05) is 6.92 Å². The van der Waals surface area contributed by atoms with Gasteiger partial charge in [-0.1, -0.05) is 47.0 Å². The van der Waals surface area contributed by atoms with Crippen LogP contribution in [0.4, 0.5) is 19.0 Å². The van der Waals surface area contributed by atoms with Gasteiger partial charge in [-0.15, -0.1) is 0 Å². The number of rotatable bonds is 2. The molecule has 2 N–H and O–H groups in total. The Balaban J connectivity index is 2.28. The first-order valence-corrected chi connectivity index (χ1v) is 7.92. The lowest BCUT2D eigenvalue weighted by Crippen LogP contribution is -2.08. The van der Waals surface area contributed by atoms with Crippen molar-refractivity contribution in [2.24, 2.45) is 0 Å². The molecule has 1 aromatic heterocycles. The van der Waals surface area contributed by atoms with Gasteiger partial charge in [0.15, 0.2) is 5.69 Å². The van der Waals surface area contributed by atoms with Crippen LogP contribution in [0.3, 0.4) is 0 Å². The highest BCUT2D eigenvalue weighted by molar-refractivity contribution is 6.36. The van der Waals surface area contributed by atoms with Crippen LogP contribution in [0.25, 0.3) is 16.8 Å². The number of hydrogen-bond donors (Lipinski definition) is 1. The summed E-state index contributed by atoms with van der Waals surface area (Å²) in [5.41, 5.74) is 6.15. The number of nitrogens with zero attached hydrogens (tertiary/aromatic N) is 2. The molecule has 130 valence electrons. The van der Waals surface area contributed by atoms with E-state index in [9.17, 15) is 13.2 Å². The molecule has 0 aliphatic carbocycles. The van der Waals surface area contributed by atoms with Crippen molar-refractivity contribution in [2.75, 3.05) is 5.73 Å². The molecule has 3 aromatic rings. The molecule has 0 unspecified atom stereocenters. The van der Waals surface area contributed by atoms with Gasteiger partial charge in [0.05, 0.1) is 16.3 Å². The molecule has 3 rings (SSSR count). The third-order valence-electron chi connectivity index (χ3n) is 3.67. The molecule has 0 aliphatic rings. The van der Waals surface area contributed by atoms with E-state index in [-0.39, 0.29) is 22.0 Å². The fourth-order valence-electron chi connectivity index (χ4n) is 2.47. The summed E-state index contributed by atoms with van der Waals surface area (Å²) in [5, 5.41) is 4.07. The van der Waals surface area contributed by atoms with Crippen LogP contribution >= 0.6 is 23.2 Å². The maximum absolute atomic E-state index is 13.5. The number of nitrogens with two attached hydrogens (primary N) is 1. The third kappa shape index (κ3) is 3.32. The Bertz CT molecular complexity index is 932. The van der Waals surface area contributed by atoms with Gasteiger partial charge in [-0.25, -0.2) is 4.68 Å². The van der Waals surface area contributed by atoms with Gasteiger partial charge in [-0.2, -0.15) is 18.3 Å². The van der Waals surface area contributed by atoms with Crippen LogP contribution in [0.5, 0.6) is 0 Å². The van der Waals surface area contributed by atoms with E-state index in [2.05, 4.69) is 5.10 Å². The Morgan fingerprint density at radius 1 is 1.04 bits per heavy atom. The molecule has 0 aliphatic heterocycles.